The fourth-order valence-electron chi connectivity index (χ4n) is 1.93. The second-order valence-electron chi connectivity index (χ2n) is 5.15. The molecule has 0 bridgehead atoms. The molecule has 0 unspecified atom stereocenters. The Balaban J connectivity index is 1.86. The van der Waals surface area contributed by atoms with Crippen molar-refractivity contribution >= 4 is 52.5 Å². The second-order valence-corrected chi connectivity index (χ2v) is 6.95. The van der Waals surface area contributed by atoms with Crippen molar-refractivity contribution in [1.29, 1.82) is 0 Å². The van der Waals surface area contributed by atoms with Gasteiger partial charge in [-0.2, -0.15) is 0 Å². The zero-order chi connectivity index (χ0) is 18.4. The Morgan fingerprint density at radius 1 is 1.16 bits per heavy atom. The van der Waals surface area contributed by atoms with Crippen molar-refractivity contribution in [1.82, 2.24) is 4.90 Å². The quantitative estimate of drug-likeness (QED) is 0.734. The van der Waals surface area contributed by atoms with E-state index in [1.807, 2.05) is 0 Å². The third kappa shape index (κ3) is 5.92. The maximum atomic E-state index is 13.1. The summed E-state index contributed by atoms with van der Waals surface area (Å²) in [5.74, 6) is -1.03. The highest BCUT2D eigenvalue weighted by Crippen LogP contribution is 2.33. The number of nitrogens with zero attached hydrogens (tertiary/aromatic N) is 1. The second kappa shape index (κ2) is 9.08. The van der Waals surface area contributed by atoms with Gasteiger partial charge in [-0.15, -0.1) is 11.8 Å². The molecule has 25 heavy (non-hydrogen) atoms. The van der Waals surface area contributed by atoms with Gasteiger partial charge >= 0.3 is 0 Å². The maximum Gasteiger partial charge on any atom is 0.243 e. The van der Waals surface area contributed by atoms with Crippen molar-refractivity contribution in [3.05, 3.63) is 58.3 Å². The lowest BCUT2D eigenvalue weighted by Crippen LogP contribution is -2.35. The molecule has 8 heteroatoms. The lowest BCUT2D eigenvalue weighted by Gasteiger charge is -2.17. The maximum absolute atomic E-state index is 13.1. The number of thioether (sulfide) groups is 1. The molecule has 0 saturated carbocycles. The lowest BCUT2D eigenvalue weighted by atomic mass is 10.3. The molecule has 2 amide bonds. The number of amides is 2. The highest BCUT2D eigenvalue weighted by Gasteiger charge is 2.15. The first kappa shape index (κ1) is 19.6. The predicted octanol–water partition coefficient (Wildman–Crippen LogP) is 4.32. The topological polar surface area (TPSA) is 49.4 Å². The van der Waals surface area contributed by atoms with Crippen LogP contribution in [-0.4, -0.2) is 36.1 Å². The predicted molar refractivity (Wildman–Crippen MR) is 99.9 cm³/mol. The van der Waals surface area contributed by atoms with E-state index < -0.39 is 11.7 Å². The Bertz CT molecular complexity index is 769. The SMILES string of the molecule is CN(CC(=O)Nc1cccc(F)c1)C(=O)CSc1c(Cl)cccc1Cl. The minimum absolute atomic E-state index is 0.0905. The standard InChI is InChI=1S/C17H15Cl2FN2O2S/c1-22(9-15(23)21-12-5-2-4-11(20)8-12)16(24)10-25-17-13(18)6-3-7-14(17)19/h2-8H,9-10H2,1H3,(H,21,23). The van der Waals surface area contributed by atoms with Gasteiger partial charge in [0.15, 0.2) is 0 Å². The summed E-state index contributed by atoms with van der Waals surface area (Å²) in [4.78, 5) is 26.0. The third-order valence-corrected chi connectivity index (χ3v) is 5.15. The van der Waals surface area contributed by atoms with Crippen LogP contribution >= 0.6 is 35.0 Å². The van der Waals surface area contributed by atoms with Gasteiger partial charge in [-0.1, -0.05) is 35.3 Å². The number of hydrogen-bond donors (Lipinski definition) is 1. The molecular weight excluding hydrogens is 386 g/mol. The summed E-state index contributed by atoms with van der Waals surface area (Å²) in [7, 11) is 1.52. The molecule has 0 aromatic heterocycles. The van der Waals surface area contributed by atoms with Crippen LogP contribution in [0.4, 0.5) is 10.1 Å². The fourth-order valence-corrected chi connectivity index (χ4v) is 3.56. The molecule has 0 saturated heterocycles. The van der Waals surface area contributed by atoms with Crippen molar-refractivity contribution in [3.8, 4) is 0 Å². The average molecular weight is 401 g/mol. The van der Waals surface area contributed by atoms with Gasteiger partial charge in [0.2, 0.25) is 11.8 Å². The summed E-state index contributed by atoms with van der Waals surface area (Å²) in [6.45, 7) is -0.147. The molecule has 0 aliphatic rings. The van der Waals surface area contributed by atoms with Gasteiger partial charge in [-0.25, -0.2) is 4.39 Å². The number of rotatable bonds is 6. The van der Waals surface area contributed by atoms with Crippen LogP contribution in [0.3, 0.4) is 0 Å². The molecule has 2 aromatic carbocycles. The van der Waals surface area contributed by atoms with E-state index in [-0.39, 0.29) is 18.2 Å². The van der Waals surface area contributed by atoms with E-state index in [4.69, 9.17) is 23.2 Å². The van der Waals surface area contributed by atoms with Crippen LogP contribution < -0.4 is 5.32 Å². The summed E-state index contributed by atoms with van der Waals surface area (Å²) in [6.07, 6.45) is 0. The molecule has 0 aliphatic heterocycles. The number of anilines is 1. The van der Waals surface area contributed by atoms with Gasteiger partial charge in [0.25, 0.3) is 0 Å². The van der Waals surface area contributed by atoms with Gasteiger partial charge in [0, 0.05) is 17.6 Å². The average Bonchev–Trinajstić information content (AvgIpc) is 2.54. The molecule has 0 radical (unpaired) electrons. The van der Waals surface area contributed by atoms with Crippen LogP contribution in [0.2, 0.25) is 10.0 Å². The molecule has 1 N–H and O–H groups in total. The monoisotopic (exact) mass is 400 g/mol. The Morgan fingerprint density at radius 2 is 1.80 bits per heavy atom. The summed E-state index contributed by atoms with van der Waals surface area (Å²) in [5, 5.41) is 3.48. The van der Waals surface area contributed by atoms with Crippen molar-refractivity contribution < 1.29 is 14.0 Å². The molecule has 2 aromatic rings. The highest BCUT2D eigenvalue weighted by molar-refractivity contribution is 8.00. The fraction of sp³-hybridized carbons (Fsp3) is 0.176. The third-order valence-electron chi connectivity index (χ3n) is 3.17. The first-order valence-corrected chi connectivity index (χ1v) is 8.97. The van der Waals surface area contributed by atoms with Crippen LogP contribution in [0.15, 0.2) is 47.4 Å². The summed E-state index contributed by atoms with van der Waals surface area (Å²) in [5.41, 5.74) is 0.336. The van der Waals surface area contributed by atoms with Gasteiger partial charge in [0.05, 0.1) is 22.3 Å². The summed E-state index contributed by atoms with van der Waals surface area (Å²) < 4.78 is 13.1. The number of likely N-dealkylation sites (N-methyl/N-ethyl adjacent to an activating group) is 1. The Kier molecular flexibility index (Phi) is 7.11. The molecule has 0 spiro atoms. The van der Waals surface area contributed by atoms with Crippen molar-refractivity contribution in [2.45, 2.75) is 4.90 Å². The molecule has 132 valence electrons. The minimum atomic E-state index is -0.449. The minimum Gasteiger partial charge on any atom is -0.336 e. The van der Waals surface area contributed by atoms with Crippen LogP contribution in [0.1, 0.15) is 0 Å². The van der Waals surface area contributed by atoms with Crippen molar-refractivity contribution in [2.75, 3.05) is 24.7 Å². The zero-order valence-electron chi connectivity index (χ0n) is 13.3. The van der Waals surface area contributed by atoms with Crippen LogP contribution in [-0.2, 0) is 9.59 Å². The number of halogens is 3. The normalized spacial score (nSPS) is 10.4. The number of carbonyl (C=O) groups is 2. The van der Waals surface area contributed by atoms with E-state index >= 15 is 0 Å². The van der Waals surface area contributed by atoms with Crippen molar-refractivity contribution in [3.63, 3.8) is 0 Å². The highest BCUT2D eigenvalue weighted by atomic mass is 35.5. The number of benzene rings is 2. The molecule has 0 aliphatic carbocycles. The molecule has 2 rings (SSSR count). The van der Waals surface area contributed by atoms with Gasteiger partial charge in [-0.05, 0) is 30.3 Å². The van der Waals surface area contributed by atoms with E-state index in [2.05, 4.69) is 5.32 Å². The summed E-state index contributed by atoms with van der Waals surface area (Å²) >= 11 is 13.3. The van der Waals surface area contributed by atoms with Gasteiger partial charge < -0.3 is 10.2 Å². The van der Waals surface area contributed by atoms with E-state index in [9.17, 15) is 14.0 Å². The van der Waals surface area contributed by atoms with E-state index in [0.29, 0.717) is 20.6 Å². The molecule has 4 nitrogen and oxygen atoms in total. The van der Waals surface area contributed by atoms with Crippen molar-refractivity contribution in [2.24, 2.45) is 0 Å². The Morgan fingerprint density at radius 3 is 2.44 bits per heavy atom. The first-order chi connectivity index (χ1) is 11.9. The number of carbonyl (C=O) groups excluding carboxylic acids is 2. The molecule has 0 heterocycles. The molecular formula is C17H15Cl2FN2O2S. The largest absolute Gasteiger partial charge is 0.336 e. The number of hydrogen-bond acceptors (Lipinski definition) is 3. The van der Waals surface area contributed by atoms with Crippen LogP contribution in [0.5, 0.6) is 0 Å². The summed E-state index contributed by atoms with van der Waals surface area (Å²) in [6, 6.07) is 10.6. The van der Waals surface area contributed by atoms with Gasteiger partial charge in [0.1, 0.15) is 5.82 Å². The first-order valence-electron chi connectivity index (χ1n) is 7.23. The zero-order valence-corrected chi connectivity index (χ0v) is 15.6. The van der Waals surface area contributed by atoms with Crippen LogP contribution in [0, 0.1) is 5.82 Å². The van der Waals surface area contributed by atoms with E-state index in [1.165, 1.54) is 41.9 Å². The Labute approximate surface area is 159 Å². The van der Waals surface area contributed by atoms with E-state index in [1.54, 1.807) is 24.3 Å². The molecule has 0 fully saturated rings. The smallest absolute Gasteiger partial charge is 0.243 e. The number of nitrogens with one attached hydrogen (secondary N) is 1. The van der Waals surface area contributed by atoms with Gasteiger partial charge in [-0.3, -0.25) is 9.59 Å². The van der Waals surface area contributed by atoms with Crippen LogP contribution in [0.25, 0.3) is 0 Å². The van der Waals surface area contributed by atoms with E-state index in [0.717, 1.165) is 0 Å². The Hall–Kier alpha value is -1.76. The lowest BCUT2D eigenvalue weighted by molar-refractivity contribution is -0.131. The molecule has 0 atom stereocenters.